The van der Waals surface area contributed by atoms with Gasteiger partial charge in [-0.3, -0.25) is 4.79 Å². The van der Waals surface area contributed by atoms with Gasteiger partial charge in [0.1, 0.15) is 5.82 Å². The second-order valence-electron chi connectivity index (χ2n) is 8.88. The van der Waals surface area contributed by atoms with E-state index in [9.17, 15) is 4.79 Å². The summed E-state index contributed by atoms with van der Waals surface area (Å²) in [6.07, 6.45) is 4.93. The number of hydrogen-bond acceptors (Lipinski definition) is 7. The van der Waals surface area contributed by atoms with E-state index in [-0.39, 0.29) is 5.91 Å². The van der Waals surface area contributed by atoms with Gasteiger partial charge in [0.15, 0.2) is 0 Å². The first-order valence-corrected chi connectivity index (χ1v) is 12.0. The summed E-state index contributed by atoms with van der Waals surface area (Å²) in [6, 6.07) is 18.2. The van der Waals surface area contributed by atoms with Crippen molar-refractivity contribution in [3.05, 3.63) is 85.2 Å². The standard InChI is InChI=1S/C28H29N7O/c1-3-26(36)30-17-20-6-4-7-21(16-20)24-9-5-8-22-18-31-28(33-27(22)24)32-23-10-11-25(29-19-23)35-14-12-34(2)13-15-35/h3-11,16,18-19H,1,12-15,17H2,2H3,(H,30,36)(H,31,32,33). The number of rotatable bonds is 7. The average Bonchev–Trinajstić information content (AvgIpc) is 2.92. The van der Waals surface area contributed by atoms with Crippen LogP contribution in [0.3, 0.4) is 0 Å². The van der Waals surface area contributed by atoms with Crippen molar-refractivity contribution in [2.24, 2.45) is 0 Å². The van der Waals surface area contributed by atoms with Crippen LogP contribution in [0.4, 0.5) is 17.5 Å². The number of amides is 1. The van der Waals surface area contributed by atoms with Gasteiger partial charge in [0.25, 0.3) is 0 Å². The fraction of sp³-hybridized carbons (Fsp3) is 0.214. The summed E-state index contributed by atoms with van der Waals surface area (Å²) in [7, 11) is 2.15. The van der Waals surface area contributed by atoms with Crippen molar-refractivity contribution < 1.29 is 4.79 Å². The highest BCUT2D eigenvalue weighted by Gasteiger charge is 2.15. The molecule has 0 saturated carbocycles. The summed E-state index contributed by atoms with van der Waals surface area (Å²) in [5.41, 5.74) is 4.71. The Hall–Kier alpha value is -4.30. The number of benzene rings is 2. The van der Waals surface area contributed by atoms with Crippen LogP contribution in [0, 0.1) is 0 Å². The van der Waals surface area contributed by atoms with Crippen molar-refractivity contribution in [3.8, 4) is 11.1 Å². The third-order valence-electron chi connectivity index (χ3n) is 6.33. The van der Waals surface area contributed by atoms with Crippen molar-refractivity contribution in [1.29, 1.82) is 0 Å². The number of nitrogens with zero attached hydrogens (tertiary/aromatic N) is 5. The number of para-hydroxylation sites is 1. The Morgan fingerprint density at radius 3 is 2.64 bits per heavy atom. The predicted molar refractivity (Wildman–Crippen MR) is 144 cm³/mol. The van der Waals surface area contributed by atoms with Crippen LogP contribution < -0.4 is 15.5 Å². The minimum atomic E-state index is -0.194. The van der Waals surface area contributed by atoms with Crippen LogP contribution in [0.5, 0.6) is 0 Å². The fourth-order valence-corrected chi connectivity index (χ4v) is 4.27. The zero-order chi connectivity index (χ0) is 24.9. The predicted octanol–water partition coefficient (Wildman–Crippen LogP) is 3.99. The second kappa shape index (κ2) is 10.5. The Balaban J connectivity index is 1.37. The highest BCUT2D eigenvalue weighted by atomic mass is 16.1. The summed E-state index contributed by atoms with van der Waals surface area (Å²) >= 11 is 0. The van der Waals surface area contributed by atoms with E-state index in [2.05, 4.69) is 50.1 Å². The molecule has 8 nitrogen and oxygen atoms in total. The van der Waals surface area contributed by atoms with E-state index in [1.807, 2.05) is 60.9 Å². The highest BCUT2D eigenvalue weighted by Crippen LogP contribution is 2.29. The molecule has 5 rings (SSSR count). The lowest BCUT2D eigenvalue weighted by Crippen LogP contribution is -2.44. The zero-order valence-electron chi connectivity index (χ0n) is 20.3. The van der Waals surface area contributed by atoms with E-state index in [1.165, 1.54) is 6.08 Å². The lowest BCUT2D eigenvalue weighted by Gasteiger charge is -2.33. The molecule has 1 saturated heterocycles. The quantitative estimate of drug-likeness (QED) is 0.388. The summed E-state index contributed by atoms with van der Waals surface area (Å²) in [6.45, 7) is 7.98. The number of aromatic nitrogens is 3. The topological polar surface area (TPSA) is 86.3 Å². The van der Waals surface area contributed by atoms with Gasteiger partial charge in [0.2, 0.25) is 11.9 Å². The number of carbonyl (C=O) groups is 1. The van der Waals surface area contributed by atoms with Crippen LogP contribution in [0.2, 0.25) is 0 Å². The average molecular weight is 480 g/mol. The van der Waals surface area contributed by atoms with Gasteiger partial charge < -0.3 is 20.4 Å². The lowest BCUT2D eigenvalue weighted by molar-refractivity contribution is -0.116. The van der Waals surface area contributed by atoms with Gasteiger partial charge in [-0.2, -0.15) is 0 Å². The van der Waals surface area contributed by atoms with E-state index in [0.717, 1.165) is 65.3 Å². The first kappa shape index (κ1) is 23.4. The van der Waals surface area contributed by atoms with Gasteiger partial charge in [0.05, 0.1) is 17.4 Å². The van der Waals surface area contributed by atoms with Crippen molar-refractivity contribution in [2.45, 2.75) is 6.54 Å². The first-order chi connectivity index (χ1) is 17.6. The first-order valence-electron chi connectivity index (χ1n) is 12.0. The Kier molecular flexibility index (Phi) is 6.86. The number of fused-ring (bicyclic) bond motifs is 1. The Morgan fingerprint density at radius 1 is 1.03 bits per heavy atom. The molecule has 0 bridgehead atoms. The maximum atomic E-state index is 11.6. The van der Waals surface area contributed by atoms with E-state index < -0.39 is 0 Å². The minimum absolute atomic E-state index is 0.194. The summed E-state index contributed by atoms with van der Waals surface area (Å²) in [4.78, 5) is 30.2. The molecule has 0 aliphatic carbocycles. The van der Waals surface area contributed by atoms with Crippen LogP contribution in [-0.2, 0) is 11.3 Å². The zero-order valence-corrected chi connectivity index (χ0v) is 20.3. The third kappa shape index (κ3) is 5.34. The molecule has 2 aromatic carbocycles. The molecule has 0 radical (unpaired) electrons. The number of nitrogens with one attached hydrogen (secondary N) is 2. The normalized spacial score (nSPS) is 14.0. The van der Waals surface area contributed by atoms with Crippen molar-refractivity contribution >= 4 is 34.3 Å². The van der Waals surface area contributed by atoms with Crippen LogP contribution in [0.25, 0.3) is 22.0 Å². The molecule has 182 valence electrons. The minimum Gasteiger partial charge on any atom is -0.354 e. The molecule has 1 fully saturated rings. The Morgan fingerprint density at radius 2 is 1.86 bits per heavy atom. The second-order valence-corrected chi connectivity index (χ2v) is 8.88. The van der Waals surface area contributed by atoms with Gasteiger partial charge in [0, 0.05) is 49.9 Å². The summed E-state index contributed by atoms with van der Waals surface area (Å²) in [5, 5.41) is 7.07. The number of pyridine rings is 1. The molecule has 0 spiro atoms. The number of likely N-dealkylation sites (N-methyl/N-ethyl adjacent to an activating group) is 1. The van der Waals surface area contributed by atoms with E-state index in [1.54, 1.807) is 0 Å². The third-order valence-corrected chi connectivity index (χ3v) is 6.33. The molecule has 0 atom stereocenters. The van der Waals surface area contributed by atoms with Crippen molar-refractivity contribution in [2.75, 3.05) is 43.4 Å². The van der Waals surface area contributed by atoms with Crippen LogP contribution in [0.1, 0.15) is 5.56 Å². The Bertz CT molecular complexity index is 1380. The number of carbonyl (C=O) groups excluding carboxylic acids is 1. The van der Waals surface area contributed by atoms with Crippen molar-refractivity contribution in [3.63, 3.8) is 0 Å². The van der Waals surface area contributed by atoms with Gasteiger partial charge in [-0.1, -0.05) is 43.0 Å². The molecular formula is C28H29N7O. The van der Waals surface area contributed by atoms with Gasteiger partial charge in [-0.05, 0) is 42.4 Å². The maximum Gasteiger partial charge on any atom is 0.243 e. The lowest BCUT2D eigenvalue weighted by atomic mass is 10.0. The molecule has 4 aromatic rings. The molecule has 36 heavy (non-hydrogen) atoms. The summed E-state index contributed by atoms with van der Waals surface area (Å²) in [5.74, 6) is 1.30. The van der Waals surface area contributed by atoms with Crippen LogP contribution in [0.15, 0.2) is 79.6 Å². The smallest absolute Gasteiger partial charge is 0.243 e. The van der Waals surface area contributed by atoms with Gasteiger partial charge in [-0.25, -0.2) is 15.0 Å². The largest absolute Gasteiger partial charge is 0.354 e. The van der Waals surface area contributed by atoms with E-state index in [4.69, 9.17) is 4.98 Å². The molecule has 1 aliphatic heterocycles. The van der Waals surface area contributed by atoms with Gasteiger partial charge in [-0.15, -0.1) is 0 Å². The fourth-order valence-electron chi connectivity index (χ4n) is 4.27. The number of hydrogen-bond donors (Lipinski definition) is 2. The van der Waals surface area contributed by atoms with Crippen LogP contribution in [-0.4, -0.2) is 59.0 Å². The monoisotopic (exact) mass is 479 g/mol. The Labute approximate surface area is 210 Å². The molecule has 2 N–H and O–H groups in total. The van der Waals surface area contributed by atoms with Gasteiger partial charge >= 0.3 is 0 Å². The number of piperazine rings is 1. The van der Waals surface area contributed by atoms with Crippen LogP contribution >= 0.6 is 0 Å². The highest BCUT2D eigenvalue weighted by molar-refractivity contribution is 5.94. The van der Waals surface area contributed by atoms with E-state index in [0.29, 0.717) is 12.5 Å². The molecule has 1 amide bonds. The number of anilines is 3. The van der Waals surface area contributed by atoms with Crippen molar-refractivity contribution in [1.82, 2.24) is 25.2 Å². The molecule has 2 aromatic heterocycles. The molecule has 3 heterocycles. The molecule has 0 unspecified atom stereocenters. The summed E-state index contributed by atoms with van der Waals surface area (Å²) < 4.78 is 0. The van der Waals surface area contributed by atoms with E-state index >= 15 is 0 Å². The molecule has 8 heteroatoms. The molecular weight excluding hydrogens is 450 g/mol. The SMILES string of the molecule is C=CC(=O)NCc1cccc(-c2cccc3cnc(Nc4ccc(N5CCN(C)CC5)nc4)nc23)c1. The maximum absolute atomic E-state index is 11.6. The molecule has 1 aliphatic rings.